The smallest absolute Gasteiger partial charge is 0.326 e. The minimum absolute atomic E-state index is 0.0656. The van der Waals surface area contributed by atoms with Crippen molar-refractivity contribution in [3.8, 4) is 0 Å². The molecular weight excluding hydrogens is 598 g/mol. The lowest BCUT2D eigenvalue weighted by atomic mass is 10.1. The second-order valence-corrected chi connectivity index (χ2v) is 10.2. The van der Waals surface area contributed by atoms with E-state index in [0.29, 0.717) is 45.2 Å². The molecule has 0 unspecified atom stereocenters. The van der Waals surface area contributed by atoms with Crippen LogP contribution in [0.25, 0.3) is 10.4 Å². The van der Waals surface area contributed by atoms with Crippen LogP contribution in [0.5, 0.6) is 0 Å². The van der Waals surface area contributed by atoms with Gasteiger partial charge in [-0.05, 0) is 70.1 Å². The molecule has 0 saturated heterocycles. The molecule has 0 heterocycles. The summed E-state index contributed by atoms with van der Waals surface area (Å²) < 4.78 is 0. The second-order valence-electron chi connectivity index (χ2n) is 9.87. The number of aliphatic imine (C=N–C) groups is 1. The highest BCUT2D eigenvalue weighted by molar-refractivity contribution is 7.80. The molecule has 20 heteroatoms. The van der Waals surface area contributed by atoms with Crippen molar-refractivity contribution in [3.05, 3.63) is 10.4 Å². The highest BCUT2D eigenvalue weighted by atomic mass is 32.1. The van der Waals surface area contributed by atoms with E-state index in [9.17, 15) is 29.1 Å². The van der Waals surface area contributed by atoms with Crippen molar-refractivity contribution >= 4 is 48.2 Å². The van der Waals surface area contributed by atoms with Gasteiger partial charge in [0.25, 0.3) is 0 Å². The van der Waals surface area contributed by atoms with E-state index in [0.717, 1.165) is 0 Å². The van der Waals surface area contributed by atoms with Gasteiger partial charge in [0.15, 0.2) is 5.96 Å². The maximum absolute atomic E-state index is 13.1. The largest absolute Gasteiger partial charge is 0.480 e. The van der Waals surface area contributed by atoms with Gasteiger partial charge in [0, 0.05) is 12.3 Å². The Morgan fingerprint density at radius 3 is 2.02 bits per heavy atom. The SMILES string of the molecule is C[C@H](NC(=O)[C@H](CCCN=C(N)N)NC(=O)[C@H](CS)NC(=O)[C@@H](N)CCCCNN=[N+]=[N-])C(=O)N[C@@H](CCCCN)C(=O)O. The second kappa shape index (κ2) is 23.5. The summed E-state index contributed by atoms with van der Waals surface area (Å²) in [4.78, 5) is 69.4. The first-order valence-electron chi connectivity index (χ1n) is 14.2. The standard InChI is InChI=1S/C24H47N13O6S/c1-14(19(38)34-17(23(42)43)8-2-4-10-25)32-21(40)16(9-6-11-30-24(27)28)33-22(41)18(13-44)35-20(39)15(26)7-3-5-12-31-37-36-29/h14-18,31,44H,2-13,25-26H2,1H3,(H,32,40)(H,33,41)(H,34,38)(H,35,39)(H,42,43)(H4,27,28,30)/t14-,15-,16-,17-,18-/m0/s1. The molecule has 0 radical (unpaired) electrons. The Balaban J connectivity index is 5.33. The zero-order chi connectivity index (χ0) is 33.5. The molecule has 5 atom stereocenters. The van der Waals surface area contributed by atoms with Crippen LogP contribution in [0.3, 0.4) is 0 Å². The molecule has 0 aliphatic heterocycles. The van der Waals surface area contributed by atoms with Crippen molar-refractivity contribution < 1.29 is 29.1 Å². The number of rotatable bonds is 24. The van der Waals surface area contributed by atoms with Crippen LogP contribution in [0.15, 0.2) is 10.2 Å². The Morgan fingerprint density at radius 2 is 1.43 bits per heavy atom. The number of nitrogens with two attached hydrogens (primary N) is 4. The molecule has 0 spiro atoms. The van der Waals surface area contributed by atoms with Gasteiger partial charge < -0.3 is 49.3 Å². The zero-order valence-electron chi connectivity index (χ0n) is 24.9. The van der Waals surface area contributed by atoms with Gasteiger partial charge in [-0.25, -0.2) is 4.79 Å². The number of aliphatic carboxylic acids is 1. The van der Waals surface area contributed by atoms with Gasteiger partial charge >= 0.3 is 5.97 Å². The van der Waals surface area contributed by atoms with Crippen LogP contribution in [-0.4, -0.2) is 96.3 Å². The third-order valence-electron chi connectivity index (χ3n) is 6.21. The third-order valence-corrected chi connectivity index (χ3v) is 6.58. The van der Waals surface area contributed by atoms with Crippen molar-refractivity contribution in [1.29, 1.82) is 0 Å². The van der Waals surface area contributed by atoms with E-state index >= 15 is 0 Å². The predicted molar refractivity (Wildman–Crippen MR) is 167 cm³/mol. The molecule has 0 aromatic heterocycles. The summed E-state index contributed by atoms with van der Waals surface area (Å²) in [7, 11) is 0. The number of carbonyl (C=O) groups excluding carboxylic acids is 4. The molecule has 44 heavy (non-hydrogen) atoms. The number of nitrogens with one attached hydrogen (secondary N) is 5. The van der Waals surface area contributed by atoms with Gasteiger partial charge in [0.2, 0.25) is 23.6 Å². The molecule has 0 rings (SSSR count). The number of nitrogens with zero attached hydrogens (tertiary/aromatic N) is 4. The Labute approximate surface area is 261 Å². The van der Waals surface area contributed by atoms with E-state index in [1.807, 2.05) is 0 Å². The lowest BCUT2D eigenvalue weighted by Gasteiger charge is -2.25. The molecule has 0 fully saturated rings. The fourth-order valence-electron chi connectivity index (χ4n) is 3.73. The highest BCUT2D eigenvalue weighted by Crippen LogP contribution is 2.05. The van der Waals surface area contributed by atoms with Gasteiger partial charge in [0.1, 0.15) is 24.2 Å². The summed E-state index contributed by atoms with van der Waals surface area (Å²) in [6, 6.07) is -5.53. The molecule has 0 bridgehead atoms. The summed E-state index contributed by atoms with van der Waals surface area (Å²) in [5, 5.41) is 22.6. The maximum atomic E-state index is 13.1. The summed E-state index contributed by atoms with van der Waals surface area (Å²) in [6.45, 7) is 2.31. The quantitative estimate of drug-likeness (QED) is 0.00758. The number of carbonyl (C=O) groups is 5. The van der Waals surface area contributed by atoms with Crippen molar-refractivity contribution in [3.63, 3.8) is 0 Å². The Morgan fingerprint density at radius 1 is 0.841 bits per heavy atom. The molecule has 19 nitrogen and oxygen atoms in total. The minimum atomic E-state index is -1.22. The number of guanidine groups is 1. The fraction of sp³-hybridized carbons (Fsp3) is 0.750. The van der Waals surface area contributed by atoms with Crippen molar-refractivity contribution in [2.45, 2.75) is 88.5 Å². The van der Waals surface area contributed by atoms with Crippen LogP contribution in [-0.2, 0) is 24.0 Å². The topological polar surface area (TPSA) is 331 Å². The number of hydrogen-bond donors (Lipinski definition) is 11. The predicted octanol–water partition coefficient (Wildman–Crippen LogP) is -2.54. The van der Waals surface area contributed by atoms with Gasteiger partial charge in [-0.3, -0.25) is 29.6 Å². The monoisotopic (exact) mass is 645 g/mol. The average Bonchev–Trinajstić information content (AvgIpc) is 2.97. The van der Waals surface area contributed by atoms with Crippen LogP contribution >= 0.6 is 12.6 Å². The normalized spacial score (nSPS) is 13.9. The average molecular weight is 646 g/mol. The number of thiol groups is 1. The summed E-state index contributed by atoms with van der Waals surface area (Å²) in [6.07, 6.45) is 3.02. The van der Waals surface area contributed by atoms with E-state index in [-0.39, 0.29) is 37.5 Å². The Bertz CT molecular complexity index is 1010. The summed E-state index contributed by atoms with van der Waals surface area (Å²) in [5.41, 5.74) is 32.8. The first kappa shape index (κ1) is 40.0. The van der Waals surface area contributed by atoms with Gasteiger partial charge in [-0.2, -0.15) is 17.5 Å². The number of azide groups is 1. The maximum Gasteiger partial charge on any atom is 0.326 e. The third kappa shape index (κ3) is 17.8. The highest BCUT2D eigenvalue weighted by Gasteiger charge is 2.29. The number of amides is 4. The Hall–Kier alpha value is -4.00. The molecule has 14 N–H and O–H groups in total. The first-order chi connectivity index (χ1) is 20.9. The molecule has 0 saturated carbocycles. The van der Waals surface area contributed by atoms with Gasteiger partial charge in [-0.15, -0.1) is 5.53 Å². The first-order valence-corrected chi connectivity index (χ1v) is 14.8. The molecule has 0 aromatic carbocycles. The summed E-state index contributed by atoms with van der Waals surface area (Å²) in [5.74, 6) is -4.25. The van der Waals surface area contributed by atoms with Gasteiger partial charge in [-0.1, -0.05) is 0 Å². The van der Waals surface area contributed by atoms with E-state index in [4.69, 9.17) is 28.5 Å². The molecule has 0 aliphatic carbocycles. The number of carboxylic acids is 1. The van der Waals surface area contributed by atoms with E-state index < -0.39 is 59.8 Å². The number of carboxylic acid groups (broad SMARTS) is 1. The Kier molecular flexibility index (Phi) is 21.3. The van der Waals surface area contributed by atoms with E-state index in [1.165, 1.54) is 6.92 Å². The van der Waals surface area contributed by atoms with E-state index in [2.05, 4.69) is 54.4 Å². The van der Waals surface area contributed by atoms with Crippen LogP contribution < -0.4 is 49.6 Å². The van der Waals surface area contributed by atoms with Gasteiger partial charge in [0.05, 0.1) is 12.6 Å². The molecule has 250 valence electrons. The lowest BCUT2D eigenvalue weighted by molar-refractivity contribution is -0.142. The number of hydrogen-bond acceptors (Lipinski definition) is 10. The molecule has 0 aliphatic rings. The summed E-state index contributed by atoms with van der Waals surface area (Å²) >= 11 is 4.14. The van der Waals surface area contributed by atoms with Crippen LogP contribution in [0.2, 0.25) is 0 Å². The minimum Gasteiger partial charge on any atom is -0.480 e. The lowest BCUT2D eigenvalue weighted by Crippen LogP contribution is -2.58. The molecule has 4 amide bonds. The van der Waals surface area contributed by atoms with Crippen molar-refractivity contribution in [1.82, 2.24) is 26.7 Å². The zero-order valence-corrected chi connectivity index (χ0v) is 25.8. The van der Waals surface area contributed by atoms with Crippen molar-refractivity contribution in [2.75, 3.05) is 25.4 Å². The fourth-order valence-corrected chi connectivity index (χ4v) is 3.98. The number of unbranched alkanes of at least 4 members (excludes halogenated alkanes) is 2. The van der Waals surface area contributed by atoms with Crippen LogP contribution in [0, 0.1) is 0 Å². The molecule has 0 aromatic rings. The molecular formula is C24H47N13O6S. The van der Waals surface area contributed by atoms with Crippen molar-refractivity contribution in [2.24, 2.45) is 33.2 Å². The van der Waals surface area contributed by atoms with Crippen LogP contribution in [0.1, 0.15) is 58.3 Å². The van der Waals surface area contributed by atoms with Crippen LogP contribution in [0.4, 0.5) is 0 Å². The van der Waals surface area contributed by atoms with E-state index in [1.54, 1.807) is 0 Å².